The molecule has 0 radical (unpaired) electrons. The molecule has 1 aromatic heterocycles. The fraction of sp³-hybridized carbons (Fsp3) is 0.0476. The minimum absolute atomic E-state index is 0.931. The first-order chi connectivity index (χ1) is 23.2. The van der Waals surface area contributed by atoms with Gasteiger partial charge in [-0.15, -0.1) is 0 Å². The highest BCUT2D eigenvalue weighted by Gasteiger charge is 2.11. The molecule has 0 fully saturated rings. The molecule has 0 amide bonds. The maximum absolute atomic E-state index is 6.20. The lowest BCUT2D eigenvalue weighted by Crippen LogP contribution is -1.87. The summed E-state index contributed by atoms with van der Waals surface area (Å²) in [5.41, 5.74) is 14.8. The summed E-state index contributed by atoms with van der Waals surface area (Å²) in [5.74, 6) is 4.60. The maximum atomic E-state index is 6.20. The number of nitrogens with two attached hydrogens (primary N) is 1. The van der Waals surface area contributed by atoms with Crippen molar-refractivity contribution in [2.45, 2.75) is 6.42 Å². The van der Waals surface area contributed by atoms with E-state index in [0.29, 0.717) is 0 Å². The van der Waals surface area contributed by atoms with Gasteiger partial charge in [0.25, 0.3) is 0 Å². The second-order valence-electron chi connectivity index (χ2n) is 8.11. The largest absolute Gasteiger partial charge is 0.355 e. The van der Waals surface area contributed by atoms with Gasteiger partial charge in [-0.3, -0.25) is 0 Å². The summed E-state index contributed by atoms with van der Waals surface area (Å²) < 4.78 is 0. The van der Waals surface area contributed by atoms with Gasteiger partial charge in [-0.1, -0.05) is 17.4 Å². The molecule has 232 valence electrons. The quantitative estimate of drug-likeness (QED) is 0.127. The van der Waals surface area contributed by atoms with Crippen LogP contribution in [-0.4, -0.2) is 16.4 Å². The Morgan fingerprint density at radius 2 is 0.915 bits per heavy atom. The number of aromatic amines is 1. The van der Waals surface area contributed by atoms with Crippen LogP contribution in [0.2, 0.25) is 0 Å². The number of fused-ring (bicyclic) bond motifs is 6. The van der Waals surface area contributed by atoms with Gasteiger partial charge in [-0.2, -0.15) is 5.53 Å². The Kier molecular flexibility index (Phi) is 12.8. The van der Waals surface area contributed by atoms with E-state index in [0.717, 1.165) is 40.6 Å². The molecule has 4 N–H and O–H groups in total. The predicted molar refractivity (Wildman–Crippen MR) is 158 cm³/mol. The molecule has 4 aliphatic rings. The van der Waals surface area contributed by atoms with Crippen LogP contribution in [0.5, 0.6) is 0 Å². The average Bonchev–Trinajstić information content (AvgIpc) is 3.89. The van der Waals surface area contributed by atoms with E-state index in [9.17, 15) is 0 Å². The van der Waals surface area contributed by atoms with Crippen LogP contribution in [0, 0.1) is 5.53 Å². The Hall–Kier alpha value is -7.80. The Morgan fingerprint density at radius 1 is 0.489 bits per heavy atom. The number of hydrogen-bond donors (Lipinski definition) is 3. The number of aliphatic imine (C=N–C) groups is 2. The topological polar surface area (TPSA) is 350 Å². The van der Waals surface area contributed by atoms with Crippen LogP contribution in [0.1, 0.15) is 17.8 Å². The molecule has 26 nitrogen and oxygen atoms in total. The maximum Gasteiger partial charge on any atom is 0.0659 e. The van der Waals surface area contributed by atoms with Crippen molar-refractivity contribution in [3.63, 3.8) is 0 Å². The second-order valence-corrected chi connectivity index (χ2v) is 8.11. The summed E-state index contributed by atoms with van der Waals surface area (Å²) in [5, 5.41) is 61.2. The Morgan fingerprint density at radius 3 is 1.43 bits per heavy atom. The molecule has 47 heavy (non-hydrogen) atoms. The van der Waals surface area contributed by atoms with Gasteiger partial charge in [0, 0.05) is 37.5 Å². The summed E-state index contributed by atoms with van der Waals surface area (Å²) in [6, 6.07) is 4.19. The number of nitrogens with zero attached hydrogens (tertiary/aromatic N) is 23. The van der Waals surface area contributed by atoms with Gasteiger partial charge in [-0.25, -0.2) is 9.98 Å². The predicted octanol–water partition coefficient (Wildman–Crippen LogP) is 8.11. The summed E-state index contributed by atoms with van der Waals surface area (Å²) in [6.45, 7) is 0. The summed E-state index contributed by atoms with van der Waals surface area (Å²) in [6.07, 6.45) is 21.8. The van der Waals surface area contributed by atoms with Crippen LogP contribution in [0.25, 0.3) is 12.2 Å². The van der Waals surface area contributed by atoms with Crippen LogP contribution in [0.4, 0.5) is 0 Å². The van der Waals surface area contributed by atoms with Crippen molar-refractivity contribution in [2.24, 2.45) is 126 Å². The number of nitrogens with one attached hydrogen (secondary N) is 2. The molecular formula is C21H18N26. The fourth-order valence-electron chi connectivity index (χ4n) is 3.52. The van der Waals surface area contributed by atoms with Crippen molar-refractivity contribution in [1.29, 1.82) is 5.53 Å². The van der Waals surface area contributed by atoms with Crippen molar-refractivity contribution < 1.29 is 0 Å². The van der Waals surface area contributed by atoms with Gasteiger partial charge in [0.1, 0.15) is 0 Å². The van der Waals surface area contributed by atoms with Gasteiger partial charge in [0.2, 0.25) is 0 Å². The lowest BCUT2D eigenvalue weighted by atomic mass is 10.1. The zero-order valence-electron chi connectivity index (χ0n) is 23.5. The molecule has 3 aliphatic heterocycles. The molecule has 0 saturated heterocycles. The molecule has 1 aliphatic carbocycles. The van der Waals surface area contributed by atoms with E-state index in [1.54, 1.807) is 0 Å². The summed E-state index contributed by atoms with van der Waals surface area (Å²) in [4.78, 5) is 12.7. The molecule has 26 heteroatoms. The minimum atomic E-state index is 0.931. The zero-order valence-corrected chi connectivity index (χ0v) is 23.5. The monoisotopic (exact) mass is 642 g/mol. The summed E-state index contributed by atoms with van der Waals surface area (Å²) in [7, 11) is 0. The van der Waals surface area contributed by atoms with E-state index >= 15 is 0 Å². The number of aromatic nitrogens is 1. The molecule has 1 aromatic rings. The molecular weight excluding hydrogens is 624 g/mol. The Bertz CT molecular complexity index is 1870. The SMILES string of the molecule is C1=CC2=Cc3ccc([22nH]3)C=C3C=CC(=N3)C=C3C=CC(=N3)C=C1C2.N=N/N=N/N=N/N=N/N=N/N=N/N=N/N=N/N=N/N=N/N=N/N. The highest BCUT2D eigenvalue weighted by molar-refractivity contribution is 6.11. The number of hydrogen-bond acceptors (Lipinski definition) is 4. The van der Waals surface area contributed by atoms with Gasteiger partial charge < -0.3 is 10.8 Å². The van der Waals surface area contributed by atoms with Gasteiger partial charge in [0.05, 0.1) is 22.8 Å². The van der Waals surface area contributed by atoms with Crippen molar-refractivity contribution >= 4 is 23.6 Å². The average molecular weight is 643 g/mol. The number of allylic oxidation sites excluding steroid dienone is 10. The van der Waals surface area contributed by atoms with Crippen LogP contribution >= 0.6 is 0 Å². The van der Waals surface area contributed by atoms with Gasteiger partial charge >= 0.3 is 0 Å². The van der Waals surface area contributed by atoms with Gasteiger partial charge in [-0.05, 0) is 157 Å². The molecule has 8 bridgehead atoms. The first-order valence-corrected chi connectivity index (χ1v) is 12.5. The van der Waals surface area contributed by atoms with E-state index in [-0.39, 0.29) is 0 Å². The lowest BCUT2D eigenvalue weighted by molar-refractivity contribution is 0.734. The highest BCUT2D eigenvalue weighted by Crippen LogP contribution is 2.26. The van der Waals surface area contributed by atoms with Crippen molar-refractivity contribution in [3.8, 4) is 0 Å². The molecule has 0 spiro atoms. The lowest BCUT2D eigenvalue weighted by Gasteiger charge is -1.97. The standard InChI is InChI=1S/C21H15N3.H3N23/c1-2-15-9-14(1)10-16-3-5-18(22-16)12-20-7-8-21(24-20)13-19-6-4-17(11-15)23-19;1-3-5-7-9-11-13-15-17-19-21-23-22-20-18-16-14-12-10-8-6-4-2/h1-8,10-13,22H,9H2;(H3,1,2,5,6,9,10,13,14,17,18,21,22)/i22+8;. The van der Waals surface area contributed by atoms with Crippen molar-refractivity contribution in [3.05, 3.63) is 94.7 Å². The summed E-state index contributed by atoms with van der Waals surface area (Å²) >= 11 is 0. The first kappa shape index (κ1) is 32.1. The van der Waals surface area contributed by atoms with Crippen LogP contribution in [0.3, 0.4) is 0 Å². The number of rotatable bonds is 10. The normalized spacial score (nSPS) is 17.5. The third-order valence-corrected chi connectivity index (χ3v) is 5.11. The second kappa shape index (κ2) is 18.7. The minimum Gasteiger partial charge on any atom is -0.355 e. The third-order valence-electron chi connectivity index (χ3n) is 5.11. The Balaban J connectivity index is 0.000000213. The van der Waals surface area contributed by atoms with E-state index in [4.69, 9.17) is 5.53 Å². The molecule has 5 rings (SSSR count). The molecule has 0 saturated carbocycles. The highest BCUT2D eigenvalue weighted by atomic mass is 22.2. The molecule has 0 atom stereocenters. The molecule has 0 unspecified atom stereocenters. The smallest absolute Gasteiger partial charge is 0.0659 e. The van der Waals surface area contributed by atoms with E-state index in [1.807, 2.05) is 24.3 Å². The molecule has 0 aromatic carbocycles. The van der Waals surface area contributed by atoms with E-state index in [1.165, 1.54) is 11.1 Å². The van der Waals surface area contributed by atoms with E-state index in [2.05, 4.69) is 179 Å². The van der Waals surface area contributed by atoms with Crippen LogP contribution in [-0.2, 0) is 0 Å². The van der Waals surface area contributed by atoms with Crippen molar-refractivity contribution in [1.82, 2.24) is 4.98 Å². The fourth-order valence-corrected chi connectivity index (χ4v) is 3.52. The van der Waals surface area contributed by atoms with Gasteiger partial charge in [0.15, 0.2) is 0 Å². The number of H-pyrrole nitrogens is 1. The Labute approximate surface area is 261 Å². The van der Waals surface area contributed by atoms with Crippen molar-refractivity contribution in [2.75, 3.05) is 0 Å². The van der Waals surface area contributed by atoms with Crippen LogP contribution in [0.15, 0.2) is 203 Å². The zero-order chi connectivity index (χ0) is 32.8. The van der Waals surface area contributed by atoms with E-state index < -0.39 is 0 Å². The first-order valence-electron chi connectivity index (χ1n) is 12.5. The van der Waals surface area contributed by atoms with Crippen LogP contribution < -0.4 is 5.84 Å². The third kappa shape index (κ3) is 12.1. The molecule has 4 heterocycles.